The molecule has 110 valence electrons. The number of thioether (sulfide) groups is 1. The summed E-state index contributed by atoms with van der Waals surface area (Å²) < 4.78 is 4.79. The lowest BCUT2D eigenvalue weighted by atomic mass is 10.4. The quantitative estimate of drug-likeness (QED) is 0.825. The molecule has 0 aliphatic heterocycles. The minimum absolute atomic E-state index is 0.258. The first kappa shape index (κ1) is 15.1. The van der Waals surface area contributed by atoms with Crippen molar-refractivity contribution in [2.45, 2.75) is 17.7 Å². The molecule has 0 spiro atoms. The molecule has 0 atom stereocenters. The van der Waals surface area contributed by atoms with E-state index in [1.807, 2.05) is 18.2 Å². The van der Waals surface area contributed by atoms with Gasteiger partial charge in [0.25, 0.3) is 0 Å². The summed E-state index contributed by atoms with van der Waals surface area (Å²) in [6.45, 7) is 2.04. The highest BCUT2D eigenvalue weighted by molar-refractivity contribution is 7.98. The molecule has 0 aliphatic carbocycles. The van der Waals surface area contributed by atoms with Crippen molar-refractivity contribution in [3.63, 3.8) is 0 Å². The van der Waals surface area contributed by atoms with Gasteiger partial charge in [-0.25, -0.2) is 9.78 Å². The number of anilines is 2. The first-order valence-electron chi connectivity index (χ1n) is 6.42. The van der Waals surface area contributed by atoms with Crippen molar-refractivity contribution < 1.29 is 9.53 Å². The summed E-state index contributed by atoms with van der Waals surface area (Å²) >= 11 is 1.53. The second kappa shape index (κ2) is 7.49. The first-order chi connectivity index (χ1) is 10.2. The van der Waals surface area contributed by atoms with Crippen LogP contribution >= 0.6 is 11.8 Å². The highest BCUT2D eigenvalue weighted by Gasteiger charge is 2.08. The van der Waals surface area contributed by atoms with E-state index >= 15 is 0 Å². The van der Waals surface area contributed by atoms with E-state index in [1.54, 1.807) is 25.3 Å². The molecule has 0 aliphatic rings. The number of rotatable bonds is 5. The Labute approximate surface area is 127 Å². The molecular weight excluding hydrogens is 288 g/mol. The average molecular weight is 304 g/mol. The molecule has 1 amide bonds. The van der Waals surface area contributed by atoms with Gasteiger partial charge in [-0.2, -0.15) is 0 Å². The number of nitrogen functional groups attached to an aromatic ring is 1. The molecule has 0 aromatic carbocycles. The molecule has 2 aromatic heterocycles. The number of hydrogen-bond donors (Lipinski definition) is 2. The molecule has 0 bridgehead atoms. The fourth-order valence-corrected chi connectivity index (χ4v) is 2.34. The van der Waals surface area contributed by atoms with E-state index in [9.17, 15) is 4.79 Å². The topological polar surface area (TPSA) is 90.1 Å². The van der Waals surface area contributed by atoms with Gasteiger partial charge in [0, 0.05) is 11.9 Å². The summed E-state index contributed by atoms with van der Waals surface area (Å²) in [6.07, 6.45) is 1.21. The van der Waals surface area contributed by atoms with Crippen molar-refractivity contribution in [3.8, 4) is 0 Å². The van der Waals surface area contributed by atoms with E-state index in [-0.39, 0.29) is 5.82 Å². The van der Waals surface area contributed by atoms with Crippen LogP contribution in [0, 0.1) is 0 Å². The summed E-state index contributed by atoms with van der Waals surface area (Å²) in [4.78, 5) is 19.8. The highest BCUT2D eigenvalue weighted by Crippen LogP contribution is 2.24. The standard InChI is InChI=1S/C14H16N4O2S/c1-2-20-14(19)17-11-6-7-12(18-13(11)15)21-9-10-5-3-4-8-16-10/h3-8H,2,9H2,1H3,(H2,15,18)(H,17,19). The molecule has 7 heteroatoms. The Morgan fingerprint density at radius 2 is 2.24 bits per heavy atom. The maximum atomic E-state index is 11.3. The molecule has 21 heavy (non-hydrogen) atoms. The van der Waals surface area contributed by atoms with E-state index in [1.165, 1.54) is 11.8 Å². The number of hydrogen-bond acceptors (Lipinski definition) is 6. The lowest BCUT2D eigenvalue weighted by Crippen LogP contribution is -2.15. The van der Waals surface area contributed by atoms with Gasteiger partial charge in [-0.1, -0.05) is 17.8 Å². The summed E-state index contributed by atoms with van der Waals surface area (Å²) in [5.41, 5.74) is 7.23. The monoisotopic (exact) mass is 304 g/mol. The fourth-order valence-electron chi connectivity index (χ4n) is 1.55. The minimum Gasteiger partial charge on any atom is -0.450 e. The third-order valence-corrected chi connectivity index (χ3v) is 3.47. The van der Waals surface area contributed by atoms with Crippen molar-refractivity contribution in [1.29, 1.82) is 0 Å². The number of nitrogens with zero attached hydrogens (tertiary/aromatic N) is 2. The normalized spacial score (nSPS) is 10.1. The van der Waals surface area contributed by atoms with Crippen molar-refractivity contribution in [1.82, 2.24) is 9.97 Å². The van der Waals surface area contributed by atoms with Gasteiger partial charge in [0.2, 0.25) is 0 Å². The van der Waals surface area contributed by atoms with Gasteiger partial charge in [-0.05, 0) is 31.2 Å². The van der Waals surface area contributed by atoms with Crippen LogP contribution in [0.2, 0.25) is 0 Å². The van der Waals surface area contributed by atoms with E-state index < -0.39 is 6.09 Å². The summed E-state index contributed by atoms with van der Waals surface area (Å²) in [6, 6.07) is 9.27. The fraction of sp³-hybridized carbons (Fsp3) is 0.214. The highest BCUT2D eigenvalue weighted by atomic mass is 32.2. The zero-order valence-electron chi connectivity index (χ0n) is 11.6. The number of carbonyl (C=O) groups excluding carboxylic acids is 1. The number of nitrogens with one attached hydrogen (secondary N) is 1. The Morgan fingerprint density at radius 1 is 1.38 bits per heavy atom. The van der Waals surface area contributed by atoms with Gasteiger partial charge in [-0.15, -0.1) is 0 Å². The van der Waals surface area contributed by atoms with Crippen LogP contribution in [0.15, 0.2) is 41.6 Å². The third kappa shape index (κ3) is 4.64. The van der Waals surface area contributed by atoms with Gasteiger partial charge >= 0.3 is 6.09 Å². The molecule has 0 saturated heterocycles. The zero-order chi connectivity index (χ0) is 15.1. The molecule has 0 unspecified atom stereocenters. The predicted octanol–water partition coefficient (Wildman–Crippen LogP) is 2.92. The molecule has 6 nitrogen and oxygen atoms in total. The minimum atomic E-state index is -0.542. The average Bonchev–Trinajstić information content (AvgIpc) is 2.49. The van der Waals surface area contributed by atoms with Crippen LogP contribution in [0.5, 0.6) is 0 Å². The Bertz CT molecular complexity index is 607. The van der Waals surface area contributed by atoms with Crippen molar-refractivity contribution in [2.75, 3.05) is 17.7 Å². The number of aromatic nitrogens is 2. The van der Waals surface area contributed by atoms with Crippen molar-refractivity contribution in [2.24, 2.45) is 0 Å². The number of pyridine rings is 2. The SMILES string of the molecule is CCOC(=O)Nc1ccc(SCc2ccccn2)nc1N. The van der Waals surface area contributed by atoms with Crippen LogP contribution in [0.4, 0.5) is 16.3 Å². The van der Waals surface area contributed by atoms with Gasteiger partial charge in [-0.3, -0.25) is 10.3 Å². The van der Waals surface area contributed by atoms with E-state index in [0.29, 0.717) is 18.0 Å². The van der Waals surface area contributed by atoms with Gasteiger partial charge in [0.05, 0.1) is 23.0 Å². The summed E-state index contributed by atoms with van der Waals surface area (Å²) in [5, 5.41) is 3.31. The predicted molar refractivity (Wildman–Crippen MR) is 83.1 cm³/mol. The van der Waals surface area contributed by atoms with Crippen LogP contribution in [0.25, 0.3) is 0 Å². The molecule has 0 saturated carbocycles. The zero-order valence-corrected chi connectivity index (χ0v) is 12.4. The molecule has 2 heterocycles. The van der Waals surface area contributed by atoms with Crippen LogP contribution in [-0.2, 0) is 10.5 Å². The molecule has 0 radical (unpaired) electrons. The third-order valence-electron chi connectivity index (χ3n) is 2.51. The van der Waals surface area contributed by atoms with Gasteiger partial charge < -0.3 is 10.5 Å². The van der Waals surface area contributed by atoms with Gasteiger partial charge in [0.15, 0.2) is 0 Å². The molecule has 2 aromatic rings. The summed E-state index contributed by atoms with van der Waals surface area (Å²) in [7, 11) is 0. The maximum Gasteiger partial charge on any atom is 0.411 e. The Kier molecular flexibility index (Phi) is 5.39. The van der Waals surface area contributed by atoms with E-state index in [0.717, 1.165) is 10.7 Å². The number of nitrogens with two attached hydrogens (primary N) is 1. The molecule has 3 N–H and O–H groups in total. The second-order valence-corrected chi connectivity index (χ2v) is 5.03. The van der Waals surface area contributed by atoms with Crippen LogP contribution in [-0.4, -0.2) is 22.7 Å². The number of amides is 1. The number of ether oxygens (including phenoxy) is 1. The largest absolute Gasteiger partial charge is 0.450 e. The molecular formula is C14H16N4O2S. The second-order valence-electron chi connectivity index (χ2n) is 4.04. The van der Waals surface area contributed by atoms with Crippen molar-refractivity contribution in [3.05, 3.63) is 42.2 Å². The van der Waals surface area contributed by atoms with Gasteiger partial charge in [0.1, 0.15) is 5.82 Å². The van der Waals surface area contributed by atoms with Crippen LogP contribution < -0.4 is 11.1 Å². The smallest absolute Gasteiger partial charge is 0.411 e. The Hall–Kier alpha value is -2.28. The van der Waals surface area contributed by atoms with Crippen LogP contribution in [0.3, 0.4) is 0 Å². The molecule has 2 rings (SSSR count). The number of carbonyl (C=O) groups is 1. The Balaban J connectivity index is 1.97. The lowest BCUT2D eigenvalue weighted by molar-refractivity contribution is 0.168. The first-order valence-corrected chi connectivity index (χ1v) is 7.40. The summed E-state index contributed by atoms with van der Waals surface area (Å²) in [5.74, 6) is 0.965. The Morgan fingerprint density at radius 3 is 2.90 bits per heavy atom. The molecule has 0 fully saturated rings. The van der Waals surface area contributed by atoms with Crippen molar-refractivity contribution >= 4 is 29.4 Å². The van der Waals surface area contributed by atoms with Crippen LogP contribution in [0.1, 0.15) is 12.6 Å². The van der Waals surface area contributed by atoms with E-state index in [2.05, 4.69) is 15.3 Å². The maximum absolute atomic E-state index is 11.3. The lowest BCUT2D eigenvalue weighted by Gasteiger charge is -2.08. The van der Waals surface area contributed by atoms with E-state index in [4.69, 9.17) is 10.5 Å².